The number of rotatable bonds is 9. The molecule has 2 amide bonds. The minimum Gasteiger partial charge on any atom is -0.480 e. The Bertz CT molecular complexity index is 440. The van der Waals surface area contributed by atoms with Crippen molar-refractivity contribution >= 4 is 18.0 Å². The average molecular weight is 328 g/mol. The molecule has 23 heavy (non-hydrogen) atoms. The van der Waals surface area contributed by atoms with Crippen LogP contribution >= 0.6 is 0 Å². The number of nitrogens with zero attached hydrogens (tertiary/aromatic N) is 1. The Morgan fingerprint density at radius 2 is 2.13 bits per heavy atom. The summed E-state index contributed by atoms with van der Waals surface area (Å²) in [7, 11) is 1.47. The predicted molar refractivity (Wildman–Crippen MR) is 81.9 cm³/mol. The second-order valence-corrected chi connectivity index (χ2v) is 5.27. The highest BCUT2D eigenvalue weighted by Gasteiger charge is 2.39. The molecule has 130 valence electrons. The highest BCUT2D eigenvalue weighted by atomic mass is 16.5. The van der Waals surface area contributed by atoms with Crippen LogP contribution in [0.3, 0.4) is 0 Å². The zero-order chi connectivity index (χ0) is 17.2. The van der Waals surface area contributed by atoms with Crippen LogP contribution < -0.4 is 5.32 Å². The number of aliphatic carboxylic acids is 1. The van der Waals surface area contributed by atoms with Gasteiger partial charge in [-0.1, -0.05) is 6.08 Å². The molecule has 0 aromatic heterocycles. The van der Waals surface area contributed by atoms with Gasteiger partial charge in [-0.25, -0.2) is 9.59 Å². The van der Waals surface area contributed by atoms with E-state index in [0.29, 0.717) is 0 Å². The number of hydrogen-bond donors (Lipinski definition) is 2. The van der Waals surface area contributed by atoms with E-state index in [1.165, 1.54) is 12.0 Å². The highest BCUT2D eigenvalue weighted by molar-refractivity contribution is 5.87. The molecule has 1 rings (SSSR count). The van der Waals surface area contributed by atoms with Crippen molar-refractivity contribution in [1.82, 2.24) is 10.2 Å². The van der Waals surface area contributed by atoms with E-state index in [-0.39, 0.29) is 32.2 Å². The van der Waals surface area contributed by atoms with Crippen LogP contribution in [0.4, 0.5) is 4.79 Å². The number of carboxylic acid groups (broad SMARTS) is 1. The fourth-order valence-electron chi connectivity index (χ4n) is 2.33. The number of ether oxygens (including phenoxy) is 2. The first-order valence-electron chi connectivity index (χ1n) is 7.56. The minimum atomic E-state index is -1.08. The van der Waals surface area contributed by atoms with E-state index in [1.807, 2.05) is 0 Å². The molecule has 0 aromatic rings. The van der Waals surface area contributed by atoms with Crippen molar-refractivity contribution in [2.45, 2.75) is 37.8 Å². The maximum atomic E-state index is 12.1. The molecule has 0 aliphatic carbocycles. The van der Waals surface area contributed by atoms with Gasteiger partial charge in [-0.2, -0.15) is 0 Å². The molecule has 2 N–H and O–H groups in total. The number of unbranched alkanes of at least 4 members (excludes halogenated alkanes) is 2. The van der Waals surface area contributed by atoms with Crippen LogP contribution in [0, 0.1) is 0 Å². The molecule has 0 spiro atoms. The Morgan fingerprint density at radius 3 is 2.74 bits per heavy atom. The summed E-state index contributed by atoms with van der Waals surface area (Å²) in [6, 6.07) is -0.927. The standard InChI is InChI=1S/C15H24N2O6/c1-3-4-5-6-7-23-15(21)16-9-13(18)17-10-11(22-2)8-12(17)14(19)20/h3,11-12H,1,4-10H2,2H3,(H,16,21)(H,19,20). The number of carbonyl (C=O) groups is 3. The number of nitrogens with one attached hydrogen (secondary N) is 1. The quantitative estimate of drug-likeness (QED) is 0.478. The molecule has 2 unspecified atom stereocenters. The molecule has 0 radical (unpaired) electrons. The molecule has 0 bridgehead atoms. The number of alkyl carbamates (subject to hydrolysis) is 1. The molecular weight excluding hydrogens is 304 g/mol. The molecular formula is C15H24N2O6. The first-order valence-corrected chi connectivity index (χ1v) is 7.56. The van der Waals surface area contributed by atoms with Gasteiger partial charge in [0.15, 0.2) is 0 Å². The molecule has 0 saturated carbocycles. The summed E-state index contributed by atoms with van der Waals surface area (Å²) in [6.45, 7) is 3.76. The Morgan fingerprint density at radius 1 is 1.39 bits per heavy atom. The fourth-order valence-corrected chi connectivity index (χ4v) is 2.33. The van der Waals surface area contributed by atoms with E-state index < -0.39 is 24.0 Å². The van der Waals surface area contributed by atoms with Crippen molar-refractivity contribution in [3.05, 3.63) is 12.7 Å². The van der Waals surface area contributed by atoms with Crippen LogP contribution in [0.5, 0.6) is 0 Å². The van der Waals surface area contributed by atoms with Gasteiger partial charge in [-0.05, 0) is 19.3 Å². The Balaban J connectivity index is 2.33. The lowest BCUT2D eigenvalue weighted by molar-refractivity contribution is -0.147. The largest absolute Gasteiger partial charge is 0.480 e. The van der Waals surface area contributed by atoms with Crippen molar-refractivity contribution in [3.63, 3.8) is 0 Å². The first kappa shape index (κ1) is 19.0. The summed E-state index contributed by atoms with van der Waals surface area (Å²) in [5.74, 6) is -1.55. The smallest absolute Gasteiger partial charge is 0.407 e. The van der Waals surface area contributed by atoms with Gasteiger partial charge in [0.1, 0.15) is 12.6 Å². The molecule has 1 heterocycles. The zero-order valence-electron chi connectivity index (χ0n) is 13.3. The summed E-state index contributed by atoms with van der Waals surface area (Å²) in [5, 5.41) is 11.5. The fraction of sp³-hybridized carbons (Fsp3) is 0.667. The molecule has 1 saturated heterocycles. The van der Waals surface area contributed by atoms with Crippen molar-refractivity contribution in [3.8, 4) is 0 Å². The molecule has 8 heteroatoms. The van der Waals surface area contributed by atoms with Gasteiger partial charge in [0.05, 0.1) is 12.7 Å². The number of amides is 2. The van der Waals surface area contributed by atoms with Crippen LogP contribution in [0.15, 0.2) is 12.7 Å². The molecule has 1 aliphatic rings. The van der Waals surface area contributed by atoms with Crippen LogP contribution in [0.2, 0.25) is 0 Å². The third kappa shape index (κ3) is 6.27. The molecule has 0 aromatic carbocycles. The average Bonchev–Trinajstić information content (AvgIpc) is 2.97. The minimum absolute atomic E-state index is 0.199. The van der Waals surface area contributed by atoms with Crippen molar-refractivity contribution in [1.29, 1.82) is 0 Å². The number of carbonyl (C=O) groups excluding carboxylic acids is 2. The van der Waals surface area contributed by atoms with Crippen molar-refractivity contribution in [2.24, 2.45) is 0 Å². The van der Waals surface area contributed by atoms with Gasteiger partial charge in [-0.3, -0.25) is 4.79 Å². The summed E-state index contributed by atoms with van der Waals surface area (Å²) in [6.07, 6.45) is 3.49. The molecule has 8 nitrogen and oxygen atoms in total. The lowest BCUT2D eigenvalue weighted by Gasteiger charge is -2.21. The second-order valence-electron chi connectivity index (χ2n) is 5.27. The monoisotopic (exact) mass is 328 g/mol. The number of likely N-dealkylation sites (tertiary alicyclic amines) is 1. The molecule has 1 fully saturated rings. The van der Waals surface area contributed by atoms with Crippen LogP contribution in [-0.4, -0.2) is 66.9 Å². The van der Waals surface area contributed by atoms with E-state index in [1.54, 1.807) is 6.08 Å². The van der Waals surface area contributed by atoms with Gasteiger partial charge in [0.2, 0.25) is 5.91 Å². The van der Waals surface area contributed by atoms with Gasteiger partial charge in [0, 0.05) is 20.1 Å². The van der Waals surface area contributed by atoms with Gasteiger partial charge in [-0.15, -0.1) is 6.58 Å². The highest BCUT2D eigenvalue weighted by Crippen LogP contribution is 2.20. The summed E-state index contributed by atoms with van der Waals surface area (Å²) in [4.78, 5) is 35.9. The van der Waals surface area contributed by atoms with E-state index in [9.17, 15) is 14.4 Å². The van der Waals surface area contributed by atoms with E-state index in [4.69, 9.17) is 14.6 Å². The Labute approximate surface area is 135 Å². The lowest BCUT2D eigenvalue weighted by Crippen LogP contribution is -2.45. The van der Waals surface area contributed by atoms with E-state index in [0.717, 1.165) is 19.3 Å². The SMILES string of the molecule is C=CCCCCOC(=O)NCC(=O)N1CC(OC)CC1C(=O)O. The van der Waals surface area contributed by atoms with Gasteiger partial charge >= 0.3 is 12.1 Å². The number of methoxy groups -OCH3 is 1. The van der Waals surface area contributed by atoms with E-state index >= 15 is 0 Å². The van der Waals surface area contributed by atoms with Crippen LogP contribution in [-0.2, 0) is 19.1 Å². The summed E-state index contributed by atoms with van der Waals surface area (Å²) < 4.78 is 10.0. The molecule has 1 aliphatic heterocycles. The topological polar surface area (TPSA) is 105 Å². The third-order valence-electron chi connectivity index (χ3n) is 3.62. The second kappa shape index (κ2) is 9.83. The summed E-state index contributed by atoms with van der Waals surface area (Å²) >= 11 is 0. The van der Waals surface area contributed by atoms with Crippen LogP contribution in [0.25, 0.3) is 0 Å². The van der Waals surface area contributed by atoms with E-state index in [2.05, 4.69) is 11.9 Å². The predicted octanol–water partition coefficient (Wildman–Crippen LogP) is 0.769. The normalized spacial score (nSPS) is 20.1. The first-order chi connectivity index (χ1) is 11.0. The maximum Gasteiger partial charge on any atom is 0.407 e. The van der Waals surface area contributed by atoms with Gasteiger partial charge < -0.3 is 24.8 Å². The summed E-state index contributed by atoms with van der Waals surface area (Å²) in [5.41, 5.74) is 0. The molecule has 2 atom stereocenters. The Kier molecular flexibility index (Phi) is 8.10. The Hall–Kier alpha value is -2.09. The van der Waals surface area contributed by atoms with Crippen molar-refractivity contribution < 1.29 is 29.0 Å². The van der Waals surface area contributed by atoms with Crippen LogP contribution in [0.1, 0.15) is 25.7 Å². The third-order valence-corrected chi connectivity index (χ3v) is 3.62. The van der Waals surface area contributed by atoms with Crippen molar-refractivity contribution in [2.75, 3.05) is 26.8 Å². The number of carboxylic acids is 1. The lowest BCUT2D eigenvalue weighted by atomic mass is 10.2. The zero-order valence-corrected chi connectivity index (χ0v) is 13.3. The number of allylic oxidation sites excluding steroid dienone is 1. The maximum absolute atomic E-state index is 12.1. The van der Waals surface area contributed by atoms with Gasteiger partial charge in [0.25, 0.3) is 0 Å². The number of hydrogen-bond acceptors (Lipinski definition) is 5.